The van der Waals surface area contributed by atoms with Gasteiger partial charge in [0.15, 0.2) is 0 Å². The van der Waals surface area contributed by atoms with Crippen molar-refractivity contribution in [3.63, 3.8) is 0 Å². The summed E-state index contributed by atoms with van der Waals surface area (Å²) in [5.74, 6) is -0.122. The van der Waals surface area contributed by atoms with Crippen LogP contribution in [0.25, 0.3) is 10.9 Å². The van der Waals surface area contributed by atoms with E-state index in [1.54, 1.807) is 12.1 Å². The molecule has 0 spiro atoms. The van der Waals surface area contributed by atoms with Crippen molar-refractivity contribution in [2.45, 2.75) is 52.5 Å². The Hall–Kier alpha value is -1.97. The summed E-state index contributed by atoms with van der Waals surface area (Å²) in [6, 6.07) is 5.34. The number of amides is 1. The maximum atomic E-state index is 11.3. The third-order valence-electron chi connectivity index (χ3n) is 4.02. The van der Waals surface area contributed by atoms with Crippen LogP contribution in [0.2, 0.25) is 0 Å². The average Bonchev–Trinajstić information content (AvgIpc) is 2.68. The van der Waals surface area contributed by atoms with Gasteiger partial charge in [-0.2, -0.15) is 0 Å². The van der Waals surface area contributed by atoms with Crippen LogP contribution >= 0.6 is 0 Å². The maximum absolute atomic E-state index is 11.3. The first-order chi connectivity index (χ1) is 10.0. The van der Waals surface area contributed by atoms with E-state index in [2.05, 4.69) is 11.5 Å². The van der Waals surface area contributed by atoms with Crippen molar-refractivity contribution in [2.24, 2.45) is 5.73 Å². The highest BCUT2D eigenvalue weighted by Gasteiger charge is 2.15. The van der Waals surface area contributed by atoms with Crippen molar-refractivity contribution in [1.29, 1.82) is 0 Å². The van der Waals surface area contributed by atoms with E-state index in [0.29, 0.717) is 0 Å². The number of aromatic nitrogens is 1. The standard InChI is InChI=1S/C17H24N2O2/c1-3-4-5-6-9-19-12(2)14(11-17(18)21)15-10-13(20)7-8-16(15)19/h7-8,10,20H,3-6,9,11H2,1-2H3,(H2,18,21). The molecule has 21 heavy (non-hydrogen) atoms. The van der Waals surface area contributed by atoms with E-state index in [1.165, 1.54) is 19.3 Å². The highest BCUT2D eigenvalue weighted by Crippen LogP contribution is 2.29. The number of hydrogen-bond donors (Lipinski definition) is 2. The zero-order valence-corrected chi connectivity index (χ0v) is 12.9. The van der Waals surface area contributed by atoms with E-state index in [0.717, 1.165) is 35.1 Å². The summed E-state index contributed by atoms with van der Waals surface area (Å²) in [6.07, 6.45) is 5.00. The first-order valence-electron chi connectivity index (χ1n) is 7.63. The second-order valence-electron chi connectivity index (χ2n) is 5.62. The summed E-state index contributed by atoms with van der Waals surface area (Å²) >= 11 is 0. The monoisotopic (exact) mass is 288 g/mol. The van der Waals surface area contributed by atoms with Crippen molar-refractivity contribution in [1.82, 2.24) is 4.57 Å². The third-order valence-corrected chi connectivity index (χ3v) is 4.02. The summed E-state index contributed by atoms with van der Waals surface area (Å²) < 4.78 is 2.24. The fourth-order valence-corrected chi connectivity index (χ4v) is 2.92. The first kappa shape index (κ1) is 15.4. The number of carbonyl (C=O) groups is 1. The van der Waals surface area contributed by atoms with Gasteiger partial charge in [-0.15, -0.1) is 0 Å². The number of primary amides is 1. The molecule has 0 bridgehead atoms. The molecule has 114 valence electrons. The number of unbranched alkanes of at least 4 members (excludes halogenated alkanes) is 3. The quantitative estimate of drug-likeness (QED) is 0.768. The summed E-state index contributed by atoms with van der Waals surface area (Å²) in [4.78, 5) is 11.3. The first-order valence-corrected chi connectivity index (χ1v) is 7.63. The SMILES string of the molecule is CCCCCCn1c(C)c(CC(N)=O)c2cc(O)ccc21. The summed E-state index contributed by atoms with van der Waals surface area (Å²) in [5, 5.41) is 10.6. The van der Waals surface area contributed by atoms with E-state index < -0.39 is 0 Å². The Kier molecular flexibility index (Phi) is 4.89. The van der Waals surface area contributed by atoms with Crippen LogP contribution in [-0.2, 0) is 17.8 Å². The molecule has 2 aromatic rings. The topological polar surface area (TPSA) is 68.2 Å². The average molecular weight is 288 g/mol. The van der Waals surface area contributed by atoms with E-state index in [9.17, 15) is 9.90 Å². The molecule has 0 aliphatic heterocycles. The smallest absolute Gasteiger partial charge is 0.221 e. The molecule has 0 aliphatic carbocycles. The minimum absolute atomic E-state index is 0.216. The molecule has 0 aliphatic rings. The molecule has 1 aromatic carbocycles. The van der Waals surface area contributed by atoms with Crippen LogP contribution in [0.5, 0.6) is 5.75 Å². The van der Waals surface area contributed by atoms with Crippen LogP contribution in [0, 0.1) is 6.92 Å². The van der Waals surface area contributed by atoms with Gasteiger partial charge in [-0.25, -0.2) is 0 Å². The minimum atomic E-state index is -0.341. The van der Waals surface area contributed by atoms with Crippen molar-refractivity contribution in [3.05, 3.63) is 29.5 Å². The third kappa shape index (κ3) is 3.38. The van der Waals surface area contributed by atoms with Crippen molar-refractivity contribution < 1.29 is 9.90 Å². The van der Waals surface area contributed by atoms with Crippen LogP contribution < -0.4 is 5.73 Å². The number of rotatable bonds is 7. The van der Waals surface area contributed by atoms with E-state index in [-0.39, 0.29) is 18.1 Å². The minimum Gasteiger partial charge on any atom is -0.508 e. The van der Waals surface area contributed by atoms with Crippen LogP contribution in [-0.4, -0.2) is 15.6 Å². The highest BCUT2D eigenvalue weighted by atomic mass is 16.3. The van der Waals surface area contributed by atoms with Gasteiger partial charge in [-0.1, -0.05) is 26.2 Å². The van der Waals surface area contributed by atoms with Gasteiger partial charge in [0.25, 0.3) is 0 Å². The number of aryl methyl sites for hydroxylation is 1. The van der Waals surface area contributed by atoms with E-state index in [4.69, 9.17) is 5.73 Å². The van der Waals surface area contributed by atoms with Gasteiger partial charge >= 0.3 is 0 Å². The van der Waals surface area contributed by atoms with Crippen LogP contribution in [0.3, 0.4) is 0 Å². The number of phenolic OH excluding ortho intramolecular Hbond substituents is 1. The van der Waals surface area contributed by atoms with Crippen LogP contribution in [0.4, 0.5) is 0 Å². The lowest BCUT2D eigenvalue weighted by atomic mass is 10.1. The Morgan fingerprint density at radius 3 is 2.71 bits per heavy atom. The number of phenols is 1. The number of hydrogen-bond acceptors (Lipinski definition) is 2. The Bertz CT molecular complexity index is 644. The Morgan fingerprint density at radius 1 is 1.29 bits per heavy atom. The molecular weight excluding hydrogens is 264 g/mol. The Morgan fingerprint density at radius 2 is 2.05 bits per heavy atom. The molecule has 3 N–H and O–H groups in total. The molecule has 4 nitrogen and oxygen atoms in total. The molecule has 4 heteroatoms. The molecule has 0 unspecified atom stereocenters. The fraction of sp³-hybridized carbons (Fsp3) is 0.471. The maximum Gasteiger partial charge on any atom is 0.221 e. The van der Waals surface area contributed by atoms with Crippen molar-refractivity contribution in [2.75, 3.05) is 0 Å². The number of aromatic hydroxyl groups is 1. The van der Waals surface area contributed by atoms with E-state index in [1.807, 2.05) is 13.0 Å². The molecular formula is C17H24N2O2. The molecule has 0 atom stereocenters. The molecule has 1 amide bonds. The lowest BCUT2D eigenvalue weighted by Gasteiger charge is -2.08. The molecule has 2 rings (SSSR count). The largest absolute Gasteiger partial charge is 0.508 e. The van der Waals surface area contributed by atoms with Crippen LogP contribution in [0.15, 0.2) is 18.2 Å². The molecule has 0 radical (unpaired) electrons. The van der Waals surface area contributed by atoms with Crippen LogP contribution in [0.1, 0.15) is 43.9 Å². The highest BCUT2D eigenvalue weighted by molar-refractivity contribution is 5.91. The second-order valence-corrected chi connectivity index (χ2v) is 5.62. The normalized spacial score (nSPS) is 11.1. The van der Waals surface area contributed by atoms with Gasteiger partial charge in [-0.05, 0) is 37.1 Å². The van der Waals surface area contributed by atoms with E-state index >= 15 is 0 Å². The Labute approximate surface area is 125 Å². The van der Waals surface area contributed by atoms with Gasteiger partial charge < -0.3 is 15.4 Å². The zero-order valence-electron chi connectivity index (χ0n) is 12.9. The number of carbonyl (C=O) groups excluding carboxylic acids is 1. The number of fused-ring (bicyclic) bond motifs is 1. The molecule has 0 fully saturated rings. The van der Waals surface area contributed by atoms with Gasteiger partial charge in [0.1, 0.15) is 5.75 Å². The summed E-state index contributed by atoms with van der Waals surface area (Å²) in [7, 11) is 0. The zero-order chi connectivity index (χ0) is 15.4. The summed E-state index contributed by atoms with van der Waals surface area (Å²) in [6.45, 7) is 5.16. The van der Waals surface area contributed by atoms with Gasteiger partial charge in [0, 0.05) is 23.1 Å². The second kappa shape index (κ2) is 6.66. The molecule has 0 saturated carbocycles. The predicted molar refractivity (Wildman–Crippen MR) is 85.4 cm³/mol. The summed E-state index contributed by atoms with van der Waals surface area (Å²) in [5.41, 5.74) is 8.44. The molecule has 1 heterocycles. The fourth-order valence-electron chi connectivity index (χ4n) is 2.92. The predicted octanol–water partition coefficient (Wildman–Crippen LogP) is 3.26. The van der Waals surface area contributed by atoms with Gasteiger partial charge in [0.2, 0.25) is 5.91 Å². The lowest BCUT2D eigenvalue weighted by molar-refractivity contribution is -0.117. The van der Waals surface area contributed by atoms with Gasteiger partial charge in [0.05, 0.1) is 6.42 Å². The lowest BCUT2D eigenvalue weighted by Crippen LogP contribution is -2.14. The number of nitrogens with two attached hydrogens (primary N) is 1. The molecule has 0 saturated heterocycles. The number of nitrogens with zero attached hydrogens (tertiary/aromatic N) is 1. The van der Waals surface area contributed by atoms with Crippen molar-refractivity contribution >= 4 is 16.8 Å². The molecule has 1 aromatic heterocycles. The van der Waals surface area contributed by atoms with Gasteiger partial charge in [-0.3, -0.25) is 4.79 Å². The Balaban J connectivity index is 2.39. The van der Waals surface area contributed by atoms with Crippen molar-refractivity contribution in [3.8, 4) is 5.75 Å². The number of benzene rings is 1.